The van der Waals surface area contributed by atoms with Gasteiger partial charge in [0, 0.05) is 11.1 Å². The number of halogens is 2. The lowest BCUT2D eigenvalue weighted by atomic mass is 10.3. The maximum Gasteiger partial charge on any atom is 0.313 e. The second-order valence-electron chi connectivity index (χ2n) is 2.79. The Morgan fingerprint density at radius 1 is 1.47 bits per heavy atom. The van der Waals surface area contributed by atoms with Crippen molar-refractivity contribution in [1.82, 2.24) is 10.2 Å². The monoisotopic (exact) mass is 335 g/mol. The van der Waals surface area contributed by atoms with Gasteiger partial charge in [-0.1, -0.05) is 16.7 Å². The molecule has 0 bridgehead atoms. The van der Waals surface area contributed by atoms with Gasteiger partial charge in [0.1, 0.15) is 0 Å². The van der Waals surface area contributed by atoms with E-state index in [1.165, 1.54) is 18.2 Å². The maximum absolute atomic E-state index is 10.8. The smallest absolute Gasteiger partial charge is 0.313 e. The first-order valence-corrected chi connectivity index (χ1v) is 6.16. The molecule has 0 fully saturated rings. The van der Waals surface area contributed by atoms with Crippen LogP contribution in [-0.2, 0) is 0 Å². The summed E-state index contributed by atoms with van der Waals surface area (Å²) in [5.74, 6) is 0.0723. The van der Waals surface area contributed by atoms with Crippen molar-refractivity contribution in [2.75, 3.05) is 0 Å². The van der Waals surface area contributed by atoms with Crippen molar-refractivity contribution in [2.24, 2.45) is 0 Å². The molecule has 0 unspecified atom stereocenters. The molecule has 0 saturated carbocycles. The van der Waals surface area contributed by atoms with Crippen LogP contribution in [0.4, 0.5) is 5.69 Å². The predicted octanol–water partition coefficient (Wildman–Crippen LogP) is 3.65. The molecule has 0 radical (unpaired) electrons. The topological polar surface area (TPSA) is 78.2 Å². The lowest BCUT2D eigenvalue weighted by molar-refractivity contribution is -0.385. The molecule has 0 amide bonds. The van der Waals surface area contributed by atoms with Crippen LogP contribution >= 0.6 is 38.9 Å². The summed E-state index contributed by atoms with van der Waals surface area (Å²) in [6.07, 6.45) is 0. The van der Waals surface area contributed by atoms with E-state index in [2.05, 4.69) is 26.1 Å². The van der Waals surface area contributed by atoms with Crippen molar-refractivity contribution in [3.63, 3.8) is 0 Å². The molecule has 2 rings (SSSR count). The zero-order valence-corrected chi connectivity index (χ0v) is 11.1. The highest BCUT2D eigenvalue weighted by atomic mass is 79.9. The molecular weight excluding hydrogens is 334 g/mol. The molecule has 0 spiro atoms. The number of rotatable bonds is 3. The van der Waals surface area contributed by atoms with Gasteiger partial charge in [0.15, 0.2) is 3.92 Å². The molecule has 6 nitrogen and oxygen atoms in total. The number of hydrogen-bond donors (Lipinski definition) is 0. The molecule has 1 aromatic carbocycles. The van der Waals surface area contributed by atoms with E-state index in [4.69, 9.17) is 16.3 Å². The number of hydrogen-bond acceptors (Lipinski definition) is 6. The molecule has 0 aliphatic heterocycles. The fourth-order valence-corrected chi connectivity index (χ4v) is 2.15. The number of ether oxygens (including phenoxy) is 1. The van der Waals surface area contributed by atoms with Gasteiger partial charge in [-0.2, -0.15) is 0 Å². The van der Waals surface area contributed by atoms with E-state index in [-0.39, 0.29) is 21.7 Å². The van der Waals surface area contributed by atoms with Crippen molar-refractivity contribution in [3.8, 4) is 10.9 Å². The van der Waals surface area contributed by atoms with E-state index >= 15 is 0 Å². The lowest BCUT2D eigenvalue weighted by Gasteiger charge is -2.02. The van der Waals surface area contributed by atoms with E-state index in [1.54, 1.807) is 0 Å². The van der Waals surface area contributed by atoms with E-state index in [1.807, 2.05) is 0 Å². The summed E-state index contributed by atoms with van der Waals surface area (Å²) in [5, 5.41) is 18.6. The van der Waals surface area contributed by atoms with Crippen LogP contribution in [0.1, 0.15) is 0 Å². The molecule has 2 aromatic rings. The highest BCUT2D eigenvalue weighted by molar-refractivity contribution is 9.11. The van der Waals surface area contributed by atoms with E-state index in [0.717, 1.165) is 11.3 Å². The van der Waals surface area contributed by atoms with Crippen LogP contribution in [-0.4, -0.2) is 15.1 Å². The van der Waals surface area contributed by atoms with Crippen LogP contribution in [0.2, 0.25) is 5.02 Å². The summed E-state index contributed by atoms with van der Waals surface area (Å²) >= 11 is 9.91. The van der Waals surface area contributed by atoms with E-state index in [9.17, 15) is 10.1 Å². The summed E-state index contributed by atoms with van der Waals surface area (Å²) in [7, 11) is 0. The van der Waals surface area contributed by atoms with Crippen molar-refractivity contribution < 1.29 is 9.66 Å². The fraction of sp³-hybridized carbons (Fsp3) is 0. The Morgan fingerprint density at radius 2 is 2.24 bits per heavy atom. The quantitative estimate of drug-likeness (QED) is 0.631. The summed E-state index contributed by atoms with van der Waals surface area (Å²) in [5.41, 5.74) is -0.219. The van der Waals surface area contributed by atoms with Crippen LogP contribution < -0.4 is 4.74 Å². The molecule has 1 heterocycles. The number of nitro groups is 1. The lowest BCUT2D eigenvalue weighted by Crippen LogP contribution is -1.93. The molecule has 0 saturated heterocycles. The fourth-order valence-electron chi connectivity index (χ4n) is 1.05. The minimum absolute atomic E-state index is 0.0723. The molecule has 0 aliphatic carbocycles. The Kier molecular flexibility index (Phi) is 3.55. The Balaban J connectivity index is 2.35. The third-order valence-corrected chi connectivity index (χ3v) is 3.17. The second kappa shape index (κ2) is 4.94. The van der Waals surface area contributed by atoms with Gasteiger partial charge in [-0.3, -0.25) is 10.1 Å². The largest absolute Gasteiger partial charge is 0.422 e. The molecule has 1 aromatic heterocycles. The number of aromatic nitrogens is 2. The highest BCUT2D eigenvalue weighted by Gasteiger charge is 2.17. The van der Waals surface area contributed by atoms with Gasteiger partial charge in [-0.25, -0.2) is 0 Å². The summed E-state index contributed by atoms with van der Waals surface area (Å²) < 4.78 is 5.79. The first-order chi connectivity index (χ1) is 8.06. The van der Waals surface area contributed by atoms with Crippen LogP contribution in [0.25, 0.3) is 0 Å². The average molecular weight is 337 g/mol. The molecule has 17 heavy (non-hydrogen) atoms. The van der Waals surface area contributed by atoms with Gasteiger partial charge in [-0.15, -0.1) is 5.10 Å². The van der Waals surface area contributed by atoms with Crippen molar-refractivity contribution in [1.29, 1.82) is 0 Å². The summed E-state index contributed by atoms with van der Waals surface area (Å²) in [6.45, 7) is 0. The van der Waals surface area contributed by atoms with Crippen LogP contribution in [0.15, 0.2) is 22.1 Å². The number of nitro benzene ring substituents is 1. The zero-order chi connectivity index (χ0) is 12.4. The Hall–Kier alpha value is -1.25. The average Bonchev–Trinajstić information content (AvgIpc) is 2.66. The Bertz CT molecular complexity index is 577. The number of benzene rings is 1. The van der Waals surface area contributed by atoms with Gasteiger partial charge in [0.25, 0.3) is 0 Å². The standard InChI is InChI=1S/C8H3BrClN3O3S/c9-7-11-12-8(17-7)16-6-2-1-4(10)3-5(6)13(14)15/h1-3H. The summed E-state index contributed by atoms with van der Waals surface area (Å²) in [4.78, 5) is 10.2. The van der Waals surface area contributed by atoms with Gasteiger partial charge in [0.05, 0.1) is 4.92 Å². The van der Waals surface area contributed by atoms with Crippen molar-refractivity contribution in [2.45, 2.75) is 0 Å². The Labute approximate surface area is 112 Å². The summed E-state index contributed by atoms with van der Waals surface area (Å²) in [6, 6.07) is 4.13. The minimum atomic E-state index is -0.572. The Morgan fingerprint density at radius 3 is 2.82 bits per heavy atom. The van der Waals surface area contributed by atoms with Crippen molar-refractivity contribution >= 4 is 44.6 Å². The third kappa shape index (κ3) is 2.90. The minimum Gasteiger partial charge on any atom is -0.422 e. The van der Waals surface area contributed by atoms with Crippen LogP contribution in [0, 0.1) is 10.1 Å². The normalized spacial score (nSPS) is 10.2. The second-order valence-corrected chi connectivity index (χ2v) is 5.44. The van der Waals surface area contributed by atoms with Crippen LogP contribution in [0.5, 0.6) is 10.9 Å². The van der Waals surface area contributed by atoms with Gasteiger partial charge >= 0.3 is 10.9 Å². The zero-order valence-electron chi connectivity index (χ0n) is 7.96. The van der Waals surface area contributed by atoms with Gasteiger partial charge in [0.2, 0.25) is 5.75 Å². The molecule has 9 heteroatoms. The van der Waals surface area contributed by atoms with Gasteiger partial charge in [-0.05, 0) is 39.4 Å². The highest BCUT2D eigenvalue weighted by Crippen LogP contribution is 2.35. The number of nitrogens with zero attached hydrogens (tertiary/aromatic N) is 3. The van der Waals surface area contributed by atoms with Crippen LogP contribution in [0.3, 0.4) is 0 Å². The predicted molar refractivity (Wildman–Crippen MR) is 65.8 cm³/mol. The molecule has 0 atom stereocenters. The van der Waals surface area contributed by atoms with E-state index in [0.29, 0.717) is 3.92 Å². The first kappa shape index (κ1) is 12.2. The third-order valence-electron chi connectivity index (χ3n) is 1.70. The maximum atomic E-state index is 10.8. The van der Waals surface area contributed by atoms with Crippen molar-refractivity contribution in [3.05, 3.63) is 37.3 Å². The van der Waals surface area contributed by atoms with E-state index < -0.39 is 4.92 Å². The molecule has 0 aliphatic rings. The first-order valence-electron chi connectivity index (χ1n) is 4.17. The van der Waals surface area contributed by atoms with Gasteiger partial charge < -0.3 is 4.74 Å². The SMILES string of the molecule is O=[N+]([O-])c1cc(Cl)ccc1Oc1nnc(Br)s1. The molecule has 88 valence electrons. The molecular formula is C8H3BrClN3O3S. The molecule has 0 N–H and O–H groups in total.